The van der Waals surface area contributed by atoms with Gasteiger partial charge in [0.25, 0.3) is 5.92 Å². The second-order valence-corrected chi connectivity index (χ2v) is 5.26. The summed E-state index contributed by atoms with van der Waals surface area (Å²) in [4.78, 5) is 13.1. The first-order valence-electron chi connectivity index (χ1n) is 5.76. The third-order valence-corrected chi connectivity index (χ3v) is 3.60. The number of hydrogen-bond acceptors (Lipinski definition) is 1. The summed E-state index contributed by atoms with van der Waals surface area (Å²) in [6.07, 6.45) is -0.676. The Kier molecular flexibility index (Phi) is 4.03. The van der Waals surface area contributed by atoms with Gasteiger partial charge in [-0.05, 0) is 34.1 Å². The molecule has 0 saturated carbocycles. The Morgan fingerprint density at radius 1 is 1.32 bits per heavy atom. The van der Waals surface area contributed by atoms with Crippen molar-refractivity contribution in [3.05, 3.63) is 28.5 Å². The van der Waals surface area contributed by atoms with Gasteiger partial charge >= 0.3 is 6.03 Å². The number of benzene rings is 1. The maximum absolute atomic E-state index is 13.3. The Hall–Kier alpha value is -1.24. The fraction of sp³-hybridized carbons (Fsp3) is 0.417. The Morgan fingerprint density at radius 3 is 2.53 bits per heavy atom. The predicted octanol–water partition coefficient (Wildman–Crippen LogP) is 3.85. The lowest BCUT2D eigenvalue weighted by Gasteiger charge is -2.31. The number of carbonyl (C=O) groups is 1. The molecule has 1 N–H and O–H groups in total. The molecule has 0 radical (unpaired) electrons. The Labute approximate surface area is 116 Å². The van der Waals surface area contributed by atoms with Crippen LogP contribution in [-0.2, 0) is 0 Å². The summed E-state index contributed by atoms with van der Waals surface area (Å²) < 4.78 is 39.5. The van der Waals surface area contributed by atoms with Crippen LogP contribution in [0.25, 0.3) is 0 Å². The minimum atomic E-state index is -2.69. The van der Waals surface area contributed by atoms with E-state index in [2.05, 4.69) is 21.2 Å². The molecule has 1 aromatic carbocycles. The van der Waals surface area contributed by atoms with E-state index < -0.39 is 17.8 Å². The number of likely N-dealkylation sites (tertiary alicyclic amines) is 1. The zero-order chi connectivity index (χ0) is 14.0. The first-order chi connectivity index (χ1) is 8.87. The zero-order valence-corrected chi connectivity index (χ0v) is 11.5. The smallest absolute Gasteiger partial charge is 0.321 e. The monoisotopic (exact) mass is 336 g/mol. The van der Waals surface area contributed by atoms with Crippen molar-refractivity contribution >= 4 is 27.6 Å². The highest BCUT2D eigenvalue weighted by Gasteiger charge is 2.35. The number of nitrogens with zero attached hydrogens (tertiary/aromatic N) is 1. The summed E-state index contributed by atoms with van der Waals surface area (Å²) in [5.74, 6) is -3.19. The van der Waals surface area contributed by atoms with Crippen LogP contribution in [-0.4, -0.2) is 29.9 Å². The van der Waals surface area contributed by atoms with E-state index in [4.69, 9.17) is 0 Å². The number of amides is 2. The van der Waals surface area contributed by atoms with E-state index in [1.807, 2.05) is 0 Å². The molecule has 1 heterocycles. The van der Waals surface area contributed by atoms with Crippen molar-refractivity contribution in [3.63, 3.8) is 0 Å². The van der Waals surface area contributed by atoms with Crippen LogP contribution < -0.4 is 5.32 Å². The fourth-order valence-electron chi connectivity index (χ4n) is 1.81. The molecule has 0 unspecified atom stereocenters. The molecule has 104 valence electrons. The van der Waals surface area contributed by atoms with Gasteiger partial charge in [-0.15, -0.1) is 0 Å². The van der Waals surface area contributed by atoms with Crippen LogP contribution in [0, 0.1) is 5.82 Å². The molecule has 0 bridgehead atoms. The Bertz CT molecular complexity index is 486. The number of anilines is 1. The lowest BCUT2D eigenvalue weighted by molar-refractivity contribution is -0.0461. The van der Waals surface area contributed by atoms with Crippen LogP contribution in [0.5, 0.6) is 0 Å². The molecule has 2 rings (SSSR count). The van der Waals surface area contributed by atoms with Crippen molar-refractivity contribution in [2.45, 2.75) is 18.8 Å². The summed E-state index contributed by atoms with van der Waals surface area (Å²) in [6.45, 7) is -0.00428. The number of urea groups is 1. The molecule has 0 atom stereocenters. The Morgan fingerprint density at radius 2 is 1.95 bits per heavy atom. The van der Waals surface area contributed by atoms with Gasteiger partial charge in [-0.2, -0.15) is 0 Å². The third-order valence-electron chi connectivity index (χ3n) is 2.95. The highest BCUT2D eigenvalue weighted by molar-refractivity contribution is 9.10. The largest absolute Gasteiger partial charge is 0.324 e. The summed E-state index contributed by atoms with van der Waals surface area (Å²) in [7, 11) is 0. The van der Waals surface area contributed by atoms with Crippen molar-refractivity contribution in [2.75, 3.05) is 18.4 Å². The van der Waals surface area contributed by atoms with Gasteiger partial charge in [-0.1, -0.05) is 0 Å². The van der Waals surface area contributed by atoms with E-state index in [0.717, 1.165) is 0 Å². The number of hydrogen-bond donors (Lipinski definition) is 1. The number of rotatable bonds is 1. The second kappa shape index (κ2) is 5.40. The summed E-state index contributed by atoms with van der Waals surface area (Å²) in [5.41, 5.74) is 0.294. The molecule has 2 amide bonds. The average Bonchev–Trinajstić information content (AvgIpc) is 2.33. The minimum Gasteiger partial charge on any atom is -0.324 e. The van der Waals surface area contributed by atoms with E-state index in [-0.39, 0.29) is 25.9 Å². The molecule has 0 aliphatic carbocycles. The van der Waals surface area contributed by atoms with Gasteiger partial charge in [0.1, 0.15) is 5.82 Å². The van der Waals surface area contributed by atoms with Crippen molar-refractivity contribution < 1.29 is 18.0 Å². The van der Waals surface area contributed by atoms with Gasteiger partial charge in [-0.25, -0.2) is 18.0 Å². The molecule has 1 aliphatic rings. The lowest BCUT2D eigenvalue weighted by atomic mass is 10.1. The van der Waals surface area contributed by atoms with Gasteiger partial charge < -0.3 is 10.2 Å². The van der Waals surface area contributed by atoms with Gasteiger partial charge in [0, 0.05) is 31.6 Å². The standard InChI is InChI=1S/C12H12BrF3N2O/c13-9-2-1-8(7-10(9)14)17-11(19)18-5-3-12(15,16)4-6-18/h1-2,7H,3-6H2,(H,17,19). The summed E-state index contributed by atoms with van der Waals surface area (Å²) in [5, 5.41) is 2.49. The molecule has 0 aromatic heterocycles. The van der Waals surface area contributed by atoms with Crippen molar-refractivity contribution in [1.82, 2.24) is 4.90 Å². The molecule has 1 saturated heterocycles. The lowest BCUT2D eigenvalue weighted by Crippen LogP contribution is -2.44. The van der Waals surface area contributed by atoms with Gasteiger partial charge in [-0.3, -0.25) is 0 Å². The topological polar surface area (TPSA) is 32.3 Å². The van der Waals surface area contributed by atoms with Crippen LogP contribution in [0.2, 0.25) is 0 Å². The number of carbonyl (C=O) groups excluding carboxylic acids is 1. The van der Waals surface area contributed by atoms with Crippen molar-refractivity contribution in [2.24, 2.45) is 0 Å². The van der Waals surface area contributed by atoms with Crippen LogP contribution >= 0.6 is 15.9 Å². The molecule has 1 aliphatic heterocycles. The predicted molar refractivity (Wildman–Crippen MR) is 68.9 cm³/mol. The molecular weight excluding hydrogens is 325 g/mol. The highest BCUT2D eigenvalue weighted by atomic mass is 79.9. The molecule has 1 fully saturated rings. The zero-order valence-electron chi connectivity index (χ0n) is 9.93. The van der Waals surface area contributed by atoms with E-state index >= 15 is 0 Å². The van der Waals surface area contributed by atoms with E-state index in [1.165, 1.54) is 23.1 Å². The Balaban J connectivity index is 1.96. The minimum absolute atomic E-state index is 0.00214. The first-order valence-corrected chi connectivity index (χ1v) is 6.55. The number of nitrogens with one attached hydrogen (secondary N) is 1. The van der Waals surface area contributed by atoms with E-state index in [0.29, 0.717) is 10.2 Å². The SMILES string of the molecule is O=C(Nc1ccc(Br)c(F)c1)N1CCC(F)(F)CC1. The van der Waals surface area contributed by atoms with Gasteiger partial charge in [0.2, 0.25) is 0 Å². The molecule has 7 heteroatoms. The van der Waals surface area contributed by atoms with Crippen molar-refractivity contribution in [1.29, 1.82) is 0 Å². The normalized spacial score (nSPS) is 18.2. The van der Waals surface area contributed by atoms with Crippen LogP contribution in [0.4, 0.5) is 23.7 Å². The second-order valence-electron chi connectivity index (χ2n) is 4.40. The van der Waals surface area contributed by atoms with Crippen LogP contribution in [0.3, 0.4) is 0 Å². The first kappa shape index (κ1) is 14.2. The third kappa shape index (κ3) is 3.62. The summed E-state index contributed by atoms with van der Waals surface area (Å²) in [6, 6.07) is 3.68. The molecular formula is C12H12BrF3N2O. The fourth-order valence-corrected chi connectivity index (χ4v) is 2.06. The van der Waals surface area contributed by atoms with Gasteiger partial charge in [0.05, 0.1) is 4.47 Å². The van der Waals surface area contributed by atoms with Crippen LogP contribution in [0.15, 0.2) is 22.7 Å². The summed E-state index contributed by atoms with van der Waals surface area (Å²) >= 11 is 3.00. The molecule has 19 heavy (non-hydrogen) atoms. The molecule has 1 aromatic rings. The average molecular weight is 337 g/mol. The number of halogens is 4. The van der Waals surface area contributed by atoms with E-state index in [1.54, 1.807) is 0 Å². The van der Waals surface area contributed by atoms with E-state index in [9.17, 15) is 18.0 Å². The van der Waals surface area contributed by atoms with Crippen LogP contribution in [0.1, 0.15) is 12.8 Å². The molecule has 3 nitrogen and oxygen atoms in total. The maximum atomic E-state index is 13.3. The highest BCUT2D eigenvalue weighted by Crippen LogP contribution is 2.28. The molecule has 0 spiro atoms. The number of alkyl halides is 2. The quantitative estimate of drug-likeness (QED) is 0.829. The maximum Gasteiger partial charge on any atom is 0.321 e. The number of piperidine rings is 1. The van der Waals surface area contributed by atoms with Crippen molar-refractivity contribution in [3.8, 4) is 0 Å². The van der Waals surface area contributed by atoms with Gasteiger partial charge in [0.15, 0.2) is 0 Å².